The molecule has 0 spiro atoms. The van der Waals surface area contributed by atoms with E-state index in [2.05, 4.69) is 37.2 Å². The van der Waals surface area contributed by atoms with Gasteiger partial charge in [0, 0.05) is 18.7 Å². The van der Waals surface area contributed by atoms with Gasteiger partial charge in [-0.05, 0) is 67.2 Å². The van der Waals surface area contributed by atoms with Gasteiger partial charge in [0.2, 0.25) is 41.4 Å². The lowest BCUT2D eigenvalue weighted by Crippen LogP contribution is -2.65. The molecule has 0 fully saturated rings. The molecule has 0 aliphatic rings. The number of benzene rings is 2. The van der Waals surface area contributed by atoms with Crippen molar-refractivity contribution in [2.24, 2.45) is 29.2 Å². The summed E-state index contributed by atoms with van der Waals surface area (Å²) in [6.45, 7) is 7.71. The zero-order chi connectivity index (χ0) is 62.0. The number of rotatable bonds is 34. The van der Waals surface area contributed by atoms with Crippen molar-refractivity contribution >= 4 is 71.0 Å². The number of aliphatic hydroxyl groups excluding tert-OH is 4. The number of anilines is 1. The third-order valence-electron chi connectivity index (χ3n) is 12.8. The number of carbonyl (C=O) groups excluding carboxylic acids is 9. The fraction of sp³-hybridized carbons (Fsp3) is 0.566. The standard InChI is InChI=1S/C53H83N13O16/c1-8-29(6)41(48(76)65-42(30(7)69)47(75)59-23-39(70)60-36(24-67)45(73)62-37(25-68)51(79)80)64-44(72)34(18-13-19-58-52(56)57)61-46(74)38(20-27(2)3)66(50(78)40(55)43(71)28(4)5)49(77)35(22-32-16-12-17-33(54)21-32)63-53(81)82-26-31-14-10-9-11-15-31/h9-12,14-17,21,27-30,34-38,40-43,67-69,71H,8,13,18-20,22-26,54-55H2,1-7H3,(H,59,75)(H,60,70)(H,61,74)(H,62,73)(H,63,81)(H,64,72)(H,65,76)(H,79,80)(H4,56,57,58)/t29?,30-,34+,35-,36-,37-,38-,40-,41-,42-,43+/m0/s1. The maximum atomic E-state index is 15.2. The number of amides is 9. The SMILES string of the molecule is CCC(C)[C@H](NC(=O)[C@@H](CCCNC(=N)N)NC(=O)[C@H](CC(C)C)N(C(=O)[C@H](Cc1cccc(N)c1)NC(=O)OCc1ccccc1)C(=O)[C@@H](N)[C@H](O)C(C)C)C(=O)N[C@H](C(=O)NCC(=O)N[C@@H](CO)C(=O)N[C@@H](CO)C(=O)O)[C@H](C)O. The molecule has 456 valence electrons. The fourth-order valence-corrected chi connectivity index (χ4v) is 7.99. The Bertz CT molecular complexity index is 2490. The molecule has 0 aliphatic carbocycles. The van der Waals surface area contributed by atoms with Gasteiger partial charge in [-0.3, -0.25) is 48.7 Å². The van der Waals surface area contributed by atoms with Gasteiger partial charge in [0.25, 0.3) is 5.91 Å². The molecule has 9 amide bonds. The van der Waals surface area contributed by atoms with Crippen molar-refractivity contribution in [2.75, 3.05) is 32.0 Å². The number of carboxylic acid groups (broad SMARTS) is 1. The largest absolute Gasteiger partial charge is 0.480 e. The van der Waals surface area contributed by atoms with Gasteiger partial charge in [-0.25, -0.2) is 9.59 Å². The zero-order valence-corrected chi connectivity index (χ0v) is 47.2. The highest BCUT2D eigenvalue weighted by Gasteiger charge is 2.44. The van der Waals surface area contributed by atoms with Crippen molar-refractivity contribution in [2.45, 2.75) is 148 Å². The molecule has 1 unspecified atom stereocenters. The van der Waals surface area contributed by atoms with Gasteiger partial charge >= 0.3 is 12.1 Å². The number of hydrogen-bond donors (Lipinski definition) is 17. The summed E-state index contributed by atoms with van der Waals surface area (Å²) in [5.74, 6) is -12.7. The number of carbonyl (C=O) groups is 10. The Labute approximate surface area is 475 Å². The van der Waals surface area contributed by atoms with Crippen LogP contribution in [0.1, 0.15) is 85.3 Å². The van der Waals surface area contributed by atoms with Gasteiger partial charge in [-0.15, -0.1) is 0 Å². The van der Waals surface area contributed by atoms with Crippen LogP contribution in [0.4, 0.5) is 10.5 Å². The number of imide groups is 1. The summed E-state index contributed by atoms with van der Waals surface area (Å²) in [5, 5.41) is 76.3. The molecular formula is C53H83N13O16. The fourth-order valence-electron chi connectivity index (χ4n) is 7.99. The molecule has 0 radical (unpaired) electrons. The minimum absolute atomic E-state index is 0.00555. The molecule has 0 saturated heterocycles. The quantitative estimate of drug-likeness (QED) is 0.0140. The van der Waals surface area contributed by atoms with Crippen LogP contribution in [0.2, 0.25) is 0 Å². The predicted octanol–water partition coefficient (Wildman–Crippen LogP) is -3.48. The van der Waals surface area contributed by atoms with E-state index < -0.39 is 163 Å². The van der Waals surface area contributed by atoms with Gasteiger partial charge < -0.3 is 90.0 Å². The number of alkyl carbamates (subject to hydrolysis) is 1. The molecule has 29 heteroatoms. The van der Waals surface area contributed by atoms with Crippen LogP contribution in [0.3, 0.4) is 0 Å². The van der Waals surface area contributed by atoms with Crippen molar-refractivity contribution in [1.82, 2.24) is 47.4 Å². The Hall–Kier alpha value is -7.99. The van der Waals surface area contributed by atoms with E-state index in [9.17, 15) is 58.8 Å². The lowest BCUT2D eigenvalue weighted by molar-refractivity contribution is -0.156. The molecule has 2 aromatic rings. The molecule has 20 N–H and O–H groups in total. The molecule has 0 bridgehead atoms. The highest BCUT2D eigenvalue weighted by atomic mass is 16.5. The Balaban J connectivity index is 2.62. The minimum Gasteiger partial charge on any atom is -0.480 e. The highest BCUT2D eigenvalue weighted by Crippen LogP contribution is 2.21. The molecular weight excluding hydrogens is 1070 g/mol. The van der Waals surface area contributed by atoms with Gasteiger partial charge in [-0.2, -0.15) is 0 Å². The Kier molecular flexibility index (Phi) is 29.9. The average molecular weight is 1160 g/mol. The first-order valence-electron chi connectivity index (χ1n) is 26.7. The summed E-state index contributed by atoms with van der Waals surface area (Å²) in [6, 6.07) is 1.26. The second-order valence-corrected chi connectivity index (χ2v) is 20.4. The molecule has 2 rings (SSSR count). The number of nitrogens with zero attached hydrogens (tertiary/aromatic N) is 1. The van der Waals surface area contributed by atoms with Crippen molar-refractivity contribution in [3.8, 4) is 0 Å². The van der Waals surface area contributed by atoms with Crippen LogP contribution < -0.4 is 59.7 Å². The van der Waals surface area contributed by atoms with E-state index in [-0.39, 0.29) is 45.3 Å². The molecule has 29 nitrogen and oxygen atoms in total. The summed E-state index contributed by atoms with van der Waals surface area (Å²) in [6.07, 6.45) is -4.84. The number of aliphatic carboxylic acids is 1. The molecule has 0 heterocycles. The normalized spacial score (nSPS) is 15.2. The van der Waals surface area contributed by atoms with Gasteiger partial charge in [0.15, 0.2) is 5.96 Å². The van der Waals surface area contributed by atoms with E-state index in [0.29, 0.717) is 21.7 Å². The summed E-state index contributed by atoms with van der Waals surface area (Å²) < 4.78 is 5.46. The van der Waals surface area contributed by atoms with Crippen LogP contribution in [0.15, 0.2) is 54.6 Å². The maximum absolute atomic E-state index is 15.2. The molecule has 0 saturated carbocycles. The van der Waals surface area contributed by atoms with Crippen molar-refractivity contribution in [3.05, 3.63) is 65.7 Å². The number of nitrogens with one attached hydrogen (secondary N) is 9. The van der Waals surface area contributed by atoms with Crippen LogP contribution in [0.25, 0.3) is 0 Å². The molecule has 0 aliphatic heterocycles. The van der Waals surface area contributed by atoms with E-state index in [1.165, 1.54) is 6.07 Å². The maximum Gasteiger partial charge on any atom is 0.408 e. The first kappa shape index (κ1) is 70.1. The topological polar surface area (TPSA) is 482 Å². The van der Waals surface area contributed by atoms with Crippen LogP contribution in [-0.4, -0.2) is 183 Å². The third-order valence-corrected chi connectivity index (χ3v) is 12.8. The van der Waals surface area contributed by atoms with Crippen molar-refractivity contribution in [3.63, 3.8) is 0 Å². The van der Waals surface area contributed by atoms with Crippen LogP contribution in [-0.2, 0) is 60.9 Å². The highest BCUT2D eigenvalue weighted by molar-refractivity contribution is 6.06. The zero-order valence-electron chi connectivity index (χ0n) is 47.2. The van der Waals surface area contributed by atoms with Crippen molar-refractivity contribution in [1.29, 1.82) is 5.41 Å². The number of hydrogen-bond acceptors (Lipinski definition) is 18. The predicted molar refractivity (Wildman–Crippen MR) is 297 cm³/mol. The second-order valence-electron chi connectivity index (χ2n) is 20.4. The first-order chi connectivity index (χ1) is 38.6. The van der Waals surface area contributed by atoms with E-state index in [1.54, 1.807) is 90.1 Å². The number of guanidine groups is 1. The Morgan fingerprint density at radius 3 is 1.83 bits per heavy atom. The van der Waals surface area contributed by atoms with E-state index in [0.717, 1.165) is 6.92 Å². The molecule has 0 aromatic heterocycles. The van der Waals surface area contributed by atoms with Crippen molar-refractivity contribution < 1.29 is 78.2 Å². The first-order valence-corrected chi connectivity index (χ1v) is 26.7. The number of carboxylic acids is 1. The second kappa shape index (κ2) is 35.0. The number of nitrogen functional groups attached to an aromatic ring is 1. The van der Waals surface area contributed by atoms with Gasteiger partial charge in [0.05, 0.1) is 32.0 Å². The number of ether oxygens (including phenoxy) is 1. The Morgan fingerprint density at radius 2 is 1.28 bits per heavy atom. The minimum atomic E-state index is -1.81. The lowest BCUT2D eigenvalue weighted by Gasteiger charge is -2.36. The van der Waals surface area contributed by atoms with Gasteiger partial charge in [-0.1, -0.05) is 90.4 Å². The third kappa shape index (κ3) is 23.2. The number of aliphatic hydroxyl groups is 4. The molecule has 82 heavy (non-hydrogen) atoms. The summed E-state index contributed by atoms with van der Waals surface area (Å²) in [5.41, 5.74) is 19.3. The monoisotopic (exact) mass is 1160 g/mol. The van der Waals surface area contributed by atoms with E-state index >= 15 is 9.59 Å². The van der Waals surface area contributed by atoms with E-state index in [4.69, 9.17) is 32.5 Å². The Morgan fingerprint density at radius 1 is 0.683 bits per heavy atom. The summed E-state index contributed by atoms with van der Waals surface area (Å²) >= 11 is 0. The average Bonchev–Trinajstić information content (AvgIpc) is 3.52. The summed E-state index contributed by atoms with van der Waals surface area (Å²) in [4.78, 5) is 138. The lowest BCUT2D eigenvalue weighted by atomic mass is 9.94. The summed E-state index contributed by atoms with van der Waals surface area (Å²) in [7, 11) is 0. The number of nitrogens with two attached hydrogens (primary N) is 3. The smallest absolute Gasteiger partial charge is 0.408 e. The van der Waals surface area contributed by atoms with E-state index in [1.807, 2.05) is 5.32 Å². The van der Waals surface area contributed by atoms with Crippen LogP contribution in [0, 0.1) is 23.2 Å². The van der Waals surface area contributed by atoms with Crippen LogP contribution >= 0.6 is 0 Å². The van der Waals surface area contributed by atoms with Crippen LogP contribution in [0.5, 0.6) is 0 Å². The molecule has 11 atom stereocenters. The van der Waals surface area contributed by atoms with Gasteiger partial charge in [0.1, 0.15) is 54.9 Å². The molecule has 2 aromatic carbocycles.